The molecule has 0 saturated heterocycles. The molecule has 0 aromatic rings. The third-order valence-electron chi connectivity index (χ3n) is 3.01. The topological polar surface area (TPSA) is 18.5 Å². The Hall–Kier alpha value is -0.0800. The molecule has 109 valence electrons. The zero-order valence-electron chi connectivity index (χ0n) is 12.4. The van der Waals surface area contributed by atoms with Crippen LogP contribution in [0, 0.1) is 6.92 Å². The predicted octanol–water partition coefficient (Wildman–Crippen LogP) is 4.77. The predicted molar refractivity (Wildman–Crippen MR) is 78.8 cm³/mol. The van der Waals surface area contributed by atoms with E-state index < -0.39 is 0 Å². The summed E-state index contributed by atoms with van der Waals surface area (Å²) in [5.74, 6) is 0. The Morgan fingerprint density at radius 1 is 0.611 bits per heavy atom. The van der Waals surface area contributed by atoms with Gasteiger partial charge in [-0.05, 0) is 19.3 Å². The van der Waals surface area contributed by atoms with Gasteiger partial charge in [0.15, 0.2) is 0 Å². The number of rotatable bonds is 15. The van der Waals surface area contributed by atoms with E-state index in [2.05, 4.69) is 13.8 Å². The van der Waals surface area contributed by atoms with Crippen LogP contribution in [0.25, 0.3) is 0 Å². The van der Waals surface area contributed by atoms with Crippen molar-refractivity contribution in [3.05, 3.63) is 6.92 Å². The van der Waals surface area contributed by atoms with E-state index in [4.69, 9.17) is 9.47 Å². The Bertz CT molecular complexity index is 121. The lowest BCUT2D eigenvalue weighted by atomic mass is 10.1. The SMILES string of the molecule is [CH2]CCOCCCOCCCCCCCCCC. The Morgan fingerprint density at radius 3 is 1.72 bits per heavy atom. The number of ether oxygens (including phenoxy) is 2. The molecule has 0 aliphatic heterocycles. The van der Waals surface area contributed by atoms with E-state index in [0.29, 0.717) is 0 Å². The fraction of sp³-hybridized carbons (Fsp3) is 0.938. The molecule has 0 N–H and O–H groups in total. The van der Waals surface area contributed by atoms with E-state index in [9.17, 15) is 0 Å². The second kappa shape index (κ2) is 16.9. The molecule has 0 atom stereocenters. The molecule has 0 bridgehead atoms. The molecular weight excluding hydrogens is 224 g/mol. The van der Waals surface area contributed by atoms with Crippen LogP contribution >= 0.6 is 0 Å². The minimum absolute atomic E-state index is 0.776. The lowest BCUT2D eigenvalue weighted by Gasteiger charge is -2.05. The molecule has 0 aromatic carbocycles. The van der Waals surface area contributed by atoms with Crippen LogP contribution in [-0.2, 0) is 9.47 Å². The summed E-state index contributed by atoms with van der Waals surface area (Å²) in [6, 6.07) is 0. The molecule has 0 aromatic heterocycles. The van der Waals surface area contributed by atoms with Crippen molar-refractivity contribution in [2.24, 2.45) is 0 Å². The molecule has 0 rings (SSSR count). The summed E-state index contributed by atoms with van der Waals surface area (Å²) in [6.45, 7) is 9.34. The first-order valence-corrected chi connectivity index (χ1v) is 7.86. The van der Waals surface area contributed by atoms with Gasteiger partial charge in [-0.2, -0.15) is 0 Å². The molecule has 18 heavy (non-hydrogen) atoms. The summed E-state index contributed by atoms with van der Waals surface area (Å²) >= 11 is 0. The molecule has 0 unspecified atom stereocenters. The maximum absolute atomic E-state index is 5.56. The maximum Gasteiger partial charge on any atom is 0.0487 e. The third-order valence-corrected chi connectivity index (χ3v) is 3.01. The molecular formula is C16H33O2. The van der Waals surface area contributed by atoms with Crippen molar-refractivity contribution in [1.29, 1.82) is 0 Å². The third kappa shape index (κ3) is 15.9. The fourth-order valence-corrected chi connectivity index (χ4v) is 1.91. The Balaban J connectivity index is 2.86. The first-order chi connectivity index (χ1) is 8.91. The van der Waals surface area contributed by atoms with E-state index in [1.807, 2.05) is 0 Å². The lowest BCUT2D eigenvalue weighted by molar-refractivity contribution is 0.0826. The van der Waals surface area contributed by atoms with Gasteiger partial charge in [-0.25, -0.2) is 0 Å². The quantitative estimate of drug-likeness (QED) is 0.393. The second-order valence-electron chi connectivity index (χ2n) is 4.91. The summed E-state index contributed by atoms with van der Waals surface area (Å²) in [6.07, 6.45) is 12.8. The highest BCUT2D eigenvalue weighted by Crippen LogP contribution is 2.08. The maximum atomic E-state index is 5.56. The van der Waals surface area contributed by atoms with Gasteiger partial charge >= 0.3 is 0 Å². The van der Waals surface area contributed by atoms with Crippen LogP contribution in [0.4, 0.5) is 0 Å². The molecule has 0 spiro atoms. The number of unbranched alkanes of at least 4 members (excludes halogenated alkanes) is 7. The van der Waals surface area contributed by atoms with Crippen LogP contribution in [0.2, 0.25) is 0 Å². The Kier molecular flexibility index (Phi) is 16.8. The van der Waals surface area contributed by atoms with Crippen LogP contribution in [0.5, 0.6) is 0 Å². The van der Waals surface area contributed by atoms with Gasteiger partial charge < -0.3 is 9.47 Å². The van der Waals surface area contributed by atoms with Crippen molar-refractivity contribution in [3.63, 3.8) is 0 Å². The van der Waals surface area contributed by atoms with Gasteiger partial charge in [0, 0.05) is 26.4 Å². The molecule has 0 aliphatic carbocycles. The minimum atomic E-state index is 0.776. The van der Waals surface area contributed by atoms with Crippen molar-refractivity contribution in [1.82, 2.24) is 0 Å². The van der Waals surface area contributed by atoms with Gasteiger partial charge in [0.1, 0.15) is 0 Å². The fourth-order valence-electron chi connectivity index (χ4n) is 1.91. The smallest absolute Gasteiger partial charge is 0.0487 e. The average Bonchev–Trinajstić information content (AvgIpc) is 2.39. The largest absolute Gasteiger partial charge is 0.381 e. The van der Waals surface area contributed by atoms with Crippen molar-refractivity contribution in [2.45, 2.75) is 71.1 Å². The summed E-state index contributed by atoms with van der Waals surface area (Å²) in [5.41, 5.74) is 0. The van der Waals surface area contributed by atoms with Gasteiger partial charge in [0.25, 0.3) is 0 Å². The summed E-state index contributed by atoms with van der Waals surface area (Å²) in [5, 5.41) is 0. The first kappa shape index (κ1) is 17.9. The van der Waals surface area contributed by atoms with Crippen molar-refractivity contribution in [3.8, 4) is 0 Å². The normalized spacial score (nSPS) is 11.0. The molecule has 1 radical (unpaired) electrons. The molecule has 2 heteroatoms. The lowest BCUT2D eigenvalue weighted by Crippen LogP contribution is -2.02. The standard InChI is InChI=1S/C16H33O2/c1-3-5-6-7-8-9-10-11-14-18-16-12-15-17-13-4-2/h2-16H2,1H3. The summed E-state index contributed by atoms with van der Waals surface area (Å²) in [4.78, 5) is 0. The van der Waals surface area contributed by atoms with E-state index in [1.165, 1.54) is 51.4 Å². The molecule has 2 nitrogen and oxygen atoms in total. The zero-order valence-corrected chi connectivity index (χ0v) is 12.4. The van der Waals surface area contributed by atoms with E-state index in [-0.39, 0.29) is 0 Å². The number of hydrogen-bond acceptors (Lipinski definition) is 2. The van der Waals surface area contributed by atoms with Crippen LogP contribution in [-0.4, -0.2) is 26.4 Å². The highest BCUT2D eigenvalue weighted by molar-refractivity contribution is 4.46. The number of hydrogen-bond donors (Lipinski definition) is 0. The van der Waals surface area contributed by atoms with E-state index in [0.717, 1.165) is 39.3 Å². The molecule has 0 amide bonds. The summed E-state index contributed by atoms with van der Waals surface area (Å²) < 4.78 is 10.9. The van der Waals surface area contributed by atoms with Gasteiger partial charge in [-0.1, -0.05) is 58.8 Å². The van der Waals surface area contributed by atoms with Crippen molar-refractivity contribution >= 4 is 0 Å². The van der Waals surface area contributed by atoms with Crippen LogP contribution in [0.3, 0.4) is 0 Å². The van der Waals surface area contributed by atoms with Crippen LogP contribution in [0.1, 0.15) is 71.1 Å². The minimum Gasteiger partial charge on any atom is -0.381 e. The van der Waals surface area contributed by atoms with Crippen molar-refractivity contribution < 1.29 is 9.47 Å². The first-order valence-electron chi connectivity index (χ1n) is 7.86. The van der Waals surface area contributed by atoms with E-state index >= 15 is 0 Å². The monoisotopic (exact) mass is 257 g/mol. The molecule has 0 heterocycles. The van der Waals surface area contributed by atoms with Gasteiger partial charge in [-0.15, -0.1) is 0 Å². The van der Waals surface area contributed by atoms with Crippen LogP contribution in [0.15, 0.2) is 0 Å². The molecule has 0 saturated carbocycles. The van der Waals surface area contributed by atoms with E-state index in [1.54, 1.807) is 0 Å². The zero-order chi connectivity index (χ0) is 13.3. The highest BCUT2D eigenvalue weighted by Gasteiger charge is 1.93. The van der Waals surface area contributed by atoms with Gasteiger partial charge in [0.2, 0.25) is 0 Å². The van der Waals surface area contributed by atoms with Crippen LogP contribution < -0.4 is 0 Å². The van der Waals surface area contributed by atoms with Gasteiger partial charge in [0.05, 0.1) is 0 Å². The average molecular weight is 257 g/mol. The second-order valence-corrected chi connectivity index (χ2v) is 4.91. The van der Waals surface area contributed by atoms with Crippen molar-refractivity contribution in [2.75, 3.05) is 26.4 Å². The Labute approximate surface area is 114 Å². The van der Waals surface area contributed by atoms with Gasteiger partial charge in [-0.3, -0.25) is 0 Å². The Morgan fingerprint density at radius 2 is 1.11 bits per heavy atom. The molecule has 0 fully saturated rings. The highest BCUT2D eigenvalue weighted by atomic mass is 16.5. The summed E-state index contributed by atoms with van der Waals surface area (Å²) in [7, 11) is 0. The molecule has 0 aliphatic rings.